The maximum Gasteiger partial charge on any atom is 0.223 e. The van der Waals surface area contributed by atoms with E-state index in [0.717, 1.165) is 5.56 Å². The van der Waals surface area contributed by atoms with Crippen LogP contribution in [0.3, 0.4) is 0 Å². The fourth-order valence-electron chi connectivity index (χ4n) is 4.58. The zero-order valence-electron chi connectivity index (χ0n) is 20.8. The van der Waals surface area contributed by atoms with Crippen LogP contribution in [0, 0.1) is 0 Å². The predicted molar refractivity (Wildman–Crippen MR) is 139 cm³/mol. The second kappa shape index (κ2) is 11.7. The minimum absolute atomic E-state index is 0.145. The summed E-state index contributed by atoms with van der Waals surface area (Å²) < 4.78 is 24.3. The summed E-state index contributed by atoms with van der Waals surface area (Å²) in [6.07, 6.45) is -1.06. The maximum atomic E-state index is 12.6. The Balaban J connectivity index is 1.35. The topological polar surface area (TPSA) is 103 Å². The summed E-state index contributed by atoms with van der Waals surface area (Å²) in [5, 5.41) is 14.0. The first-order valence-electron chi connectivity index (χ1n) is 12.5. The molecule has 38 heavy (non-hydrogen) atoms. The van der Waals surface area contributed by atoms with Crippen LogP contribution < -0.4 is 10.1 Å². The molecule has 6 atom stereocenters. The smallest absolute Gasteiger partial charge is 0.223 e. The first-order chi connectivity index (χ1) is 18.5. The normalized spacial score (nSPS) is 26.9. The van der Waals surface area contributed by atoms with Crippen molar-refractivity contribution < 1.29 is 33.6 Å². The molecule has 0 aromatic heterocycles. The number of para-hydroxylation sites is 1. The van der Waals surface area contributed by atoms with Gasteiger partial charge in [0.15, 0.2) is 12.1 Å². The number of benzene rings is 3. The molecule has 3 aromatic carbocycles. The number of ketones is 1. The van der Waals surface area contributed by atoms with Crippen molar-refractivity contribution in [3.8, 4) is 5.75 Å². The SMILES string of the molecule is CC(=O)N[C@@H]1[C@H](Oc2ccccc2C=CC(=O)c2ccccc2)O[C@@H]2CO[C@@H](c3ccccc3)O[C@@H]2[C@@H]1O. The van der Waals surface area contributed by atoms with E-state index in [2.05, 4.69) is 5.32 Å². The lowest BCUT2D eigenvalue weighted by Gasteiger charge is -2.47. The first-order valence-corrected chi connectivity index (χ1v) is 12.5. The average molecular weight is 516 g/mol. The second-order valence-electron chi connectivity index (χ2n) is 9.16. The molecule has 2 N–H and O–H groups in total. The summed E-state index contributed by atoms with van der Waals surface area (Å²) >= 11 is 0. The Bertz CT molecular complexity index is 1280. The molecule has 3 aromatic rings. The highest BCUT2D eigenvalue weighted by atomic mass is 16.7. The van der Waals surface area contributed by atoms with Crippen molar-refractivity contribution in [2.24, 2.45) is 0 Å². The Morgan fingerprint density at radius 2 is 1.63 bits per heavy atom. The molecule has 196 valence electrons. The largest absolute Gasteiger partial charge is 0.462 e. The van der Waals surface area contributed by atoms with Gasteiger partial charge in [-0.3, -0.25) is 9.59 Å². The van der Waals surface area contributed by atoms with E-state index in [1.807, 2.05) is 42.5 Å². The molecule has 0 radical (unpaired) electrons. The molecule has 0 unspecified atom stereocenters. The number of allylic oxidation sites excluding steroid dienone is 1. The molecule has 0 spiro atoms. The summed E-state index contributed by atoms with van der Waals surface area (Å²) in [5.74, 6) is -0.0680. The molecular weight excluding hydrogens is 486 g/mol. The van der Waals surface area contributed by atoms with Crippen LogP contribution in [0.4, 0.5) is 0 Å². The molecule has 2 aliphatic rings. The third-order valence-electron chi connectivity index (χ3n) is 6.44. The van der Waals surface area contributed by atoms with Crippen molar-refractivity contribution in [2.45, 2.75) is 43.9 Å². The number of rotatable bonds is 7. The quantitative estimate of drug-likeness (QED) is 0.366. The molecule has 8 heteroatoms. The van der Waals surface area contributed by atoms with E-state index >= 15 is 0 Å². The van der Waals surface area contributed by atoms with E-state index in [0.29, 0.717) is 16.9 Å². The maximum absolute atomic E-state index is 12.6. The molecule has 2 saturated heterocycles. The van der Waals surface area contributed by atoms with Crippen molar-refractivity contribution in [1.82, 2.24) is 5.32 Å². The van der Waals surface area contributed by atoms with Crippen LogP contribution >= 0.6 is 0 Å². The van der Waals surface area contributed by atoms with E-state index in [9.17, 15) is 14.7 Å². The standard InChI is InChI=1S/C30H29NO7/c1-19(32)31-26-27(34)28-25(18-35-29(38-28)22-13-6-3-7-14-22)37-30(26)36-24-15-9-8-12-21(24)16-17-23(33)20-10-4-2-5-11-20/h2-17,25-30,34H,18H2,1H3,(H,31,32)/t25-,26+,27-,28+,29-,30-/m1/s1. The van der Waals surface area contributed by atoms with Crippen molar-refractivity contribution in [1.29, 1.82) is 0 Å². The Kier molecular flexibility index (Phi) is 7.95. The number of aliphatic hydroxyl groups is 1. The molecule has 0 aliphatic carbocycles. The zero-order valence-corrected chi connectivity index (χ0v) is 20.8. The number of fused-ring (bicyclic) bond motifs is 1. The minimum Gasteiger partial charge on any atom is -0.462 e. The molecular formula is C30H29NO7. The van der Waals surface area contributed by atoms with Crippen molar-refractivity contribution >= 4 is 17.8 Å². The van der Waals surface area contributed by atoms with E-state index in [1.54, 1.807) is 48.5 Å². The van der Waals surface area contributed by atoms with Crippen molar-refractivity contribution in [3.63, 3.8) is 0 Å². The number of carbonyl (C=O) groups excluding carboxylic acids is 2. The number of hydrogen-bond acceptors (Lipinski definition) is 7. The second-order valence-corrected chi connectivity index (χ2v) is 9.16. The first kappa shape index (κ1) is 25.8. The van der Waals surface area contributed by atoms with E-state index in [4.69, 9.17) is 18.9 Å². The van der Waals surface area contributed by atoms with Gasteiger partial charge in [0.25, 0.3) is 0 Å². The van der Waals surface area contributed by atoms with E-state index in [-0.39, 0.29) is 18.3 Å². The summed E-state index contributed by atoms with van der Waals surface area (Å²) in [6, 6.07) is 24.6. The molecule has 1 amide bonds. The van der Waals surface area contributed by atoms with Gasteiger partial charge in [-0.15, -0.1) is 0 Å². The number of nitrogens with one attached hydrogen (secondary N) is 1. The van der Waals surface area contributed by atoms with Gasteiger partial charge in [0, 0.05) is 23.6 Å². The Morgan fingerprint density at radius 1 is 0.947 bits per heavy atom. The van der Waals surface area contributed by atoms with Crippen LogP contribution in [0.5, 0.6) is 5.75 Å². The van der Waals surface area contributed by atoms with Crippen LogP contribution in [-0.2, 0) is 19.0 Å². The summed E-state index contributed by atoms with van der Waals surface area (Å²) in [5.41, 5.74) is 2.03. The van der Waals surface area contributed by atoms with Gasteiger partial charge < -0.3 is 29.4 Å². The molecule has 2 fully saturated rings. The van der Waals surface area contributed by atoms with Gasteiger partial charge in [-0.2, -0.15) is 0 Å². The number of carbonyl (C=O) groups is 2. The van der Waals surface area contributed by atoms with Gasteiger partial charge >= 0.3 is 0 Å². The molecule has 8 nitrogen and oxygen atoms in total. The Labute approximate surface area is 220 Å². The molecule has 0 saturated carbocycles. The van der Waals surface area contributed by atoms with Crippen molar-refractivity contribution in [3.05, 3.63) is 108 Å². The fourth-order valence-corrected chi connectivity index (χ4v) is 4.58. The highest BCUT2D eigenvalue weighted by Crippen LogP contribution is 2.35. The lowest BCUT2D eigenvalue weighted by molar-refractivity contribution is -0.333. The summed E-state index contributed by atoms with van der Waals surface area (Å²) in [4.78, 5) is 24.6. The van der Waals surface area contributed by atoms with Crippen LogP contribution in [0.25, 0.3) is 6.08 Å². The predicted octanol–water partition coefficient (Wildman–Crippen LogP) is 3.67. The molecule has 2 aliphatic heterocycles. The third kappa shape index (κ3) is 5.84. The van der Waals surface area contributed by atoms with E-state index < -0.39 is 36.9 Å². The van der Waals surface area contributed by atoms with Crippen LogP contribution in [0.1, 0.15) is 34.7 Å². The monoisotopic (exact) mass is 515 g/mol. The number of amides is 1. The van der Waals surface area contributed by atoms with Crippen LogP contribution in [0.15, 0.2) is 91.0 Å². The number of aliphatic hydroxyl groups excluding tert-OH is 1. The van der Waals surface area contributed by atoms with E-state index in [1.165, 1.54) is 13.0 Å². The Hall–Kier alpha value is -3.82. The van der Waals surface area contributed by atoms with Gasteiger partial charge in [-0.25, -0.2) is 0 Å². The lowest BCUT2D eigenvalue weighted by Crippen LogP contribution is -2.67. The van der Waals surface area contributed by atoms with Gasteiger partial charge in [0.2, 0.25) is 12.2 Å². The van der Waals surface area contributed by atoms with Gasteiger partial charge in [-0.1, -0.05) is 78.9 Å². The fraction of sp³-hybridized carbons (Fsp3) is 0.267. The number of ether oxygens (including phenoxy) is 4. The molecule has 0 bridgehead atoms. The third-order valence-corrected chi connectivity index (χ3v) is 6.44. The molecule has 5 rings (SSSR count). The highest BCUT2D eigenvalue weighted by Gasteiger charge is 2.50. The van der Waals surface area contributed by atoms with Crippen LogP contribution in [0.2, 0.25) is 0 Å². The van der Waals surface area contributed by atoms with Crippen LogP contribution in [-0.4, -0.2) is 54.0 Å². The number of hydrogen-bond donors (Lipinski definition) is 2. The van der Waals surface area contributed by atoms with Crippen molar-refractivity contribution in [2.75, 3.05) is 6.61 Å². The Morgan fingerprint density at radius 3 is 2.37 bits per heavy atom. The molecule has 2 heterocycles. The van der Waals surface area contributed by atoms with Gasteiger partial charge in [0.05, 0.1) is 6.61 Å². The lowest BCUT2D eigenvalue weighted by atomic mass is 9.95. The summed E-state index contributed by atoms with van der Waals surface area (Å²) in [6.45, 7) is 1.53. The summed E-state index contributed by atoms with van der Waals surface area (Å²) in [7, 11) is 0. The minimum atomic E-state index is -1.12. The van der Waals surface area contributed by atoms with Gasteiger partial charge in [-0.05, 0) is 18.2 Å². The zero-order chi connectivity index (χ0) is 26.5. The van der Waals surface area contributed by atoms with Gasteiger partial charge in [0.1, 0.15) is 30.1 Å². The highest BCUT2D eigenvalue weighted by molar-refractivity contribution is 6.06. The average Bonchev–Trinajstić information content (AvgIpc) is 2.95.